The van der Waals surface area contributed by atoms with Crippen molar-refractivity contribution >= 4 is 21.9 Å². The maximum atomic E-state index is 5.38. The van der Waals surface area contributed by atoms with Crippen LogP contribution in [0.25, 0.3) is 0 Å². The summed E-state index contributed by atoms with van der Waals surface area (Å²) in [6, 6.07) is 0. The Labute approximate surface area is 114 Å². The molecular weight excluding hydrogens is 302 g/mol. The van der Waals surface area contributed by atoms with Gasteiger partial charge in [-0.15, -0.1) is 0 Å². The SMILES string of the molecule is COc1nc(N2CC(OC)C(OC)C2)ncc1Br. The average Bonchev–Trinajstić information content (AvgIpc) is 2.82. The Morgan fingerprint density at radius 3 is 2.33 bits per heavy atom. The molecule has 0 spiro atoms. The second-order valence-corrected chi connectivity index (χ2v) is 4.83. The number of halogens is 1. The van der Waals surface area contributed by atoms with Crippen LogP contribution in [0.15, 0.2) is 10.7 Å². The van der Waals surface area contributed by atoms with E-state index in [1.165, 1.54) is 0 Å². The fraction of sp³-hybridized carbons (Fsp3) is 0.636. The van der Waals surface area contributed by atoms with Crippen LogP contribution in [-0.4, -0.2) is 56.6 Å². The molecule has 6 nitrogen and oxygen atoms in total. The molecule has 7 heteroatoms. The predicted molar refractivity (Wildman–Crippen MR) is 70.1 cm³/mol. The van der Waals surface area contributed by atoms with Crippen LogP contribution in [0, 0.1) is 0 Å². The number of methoxy groups -OCH3 is 3. The zero-order valence-electron chi connectivity index (χ0n) is 10.6. The maximum Gasteiger partial charge on any atom is 0.232 e. The lowest BCUT2D eigenvalue weighted by Gasteiger charge is -2.16. The third-order valence-corrected chi connectivity index (χ3v) is 3.54. The first-order valence-corrected chi connectivity index (χ1v) is 6.36. The van der Waals surface area contributed by atoms with Crippen LogP contribution in [0.5, 0.6) is 5.88 Å². The molecule has 0 saturated carbocycles. The summed E-state index contributed by atoms with van der Waals surface area (Å²) in [6.45, 7) is 1.42. The molecule has 100 valence electrons. The number of rotatable bonds is 4. The zero-order chi connectivity index (χ0) is 13.1. The Morgan fingerprint density at radius 1 is 1.22 bits per heavy atom. The summed E-state index contributed by atoms with van der Waals surface area (Å²) in [7, 11) is 4.95. The minimum Gasteiger partial charge on any atom is -0.480 e. The number of nitrogens with zero attached hydrogens (tertiary/aromatic N) is 3. The van der Waals surface area contributed by atoms with Crippen molar-refractivity contribution < 1.29 is 14.2 Å². The van der Waals surface area contributed by atoms with Crippen LogP contribution >= 0.6 is 15.9 Å². The van der Waals surface area contributed by atoms with Crippen LogP contribution in [0.3, 0.4) is 0 Å². The quantitative estimate of drug-likeness (QED) is 0.829. The molecule has 0 aromatic carbocycles. The molecule has 2 unspecified atom stereocenters. The second kappa shape index (κ2) is 5.81. The van der Waals surface area contributed by atoms with Crippen molar-refractivity contribution in [2.45, 2.75) is 12.2 Å². The van der Waals surface area contributed by atoms with Gasteiger partial charge in [0.1, 0.15) is 12.2 Å². The summed E-state index contributed by atoms with van der Waals surface area (Å²) in [5, 5.41) is 0. The lowest BCUT2D eigenvalue weighted by molar-refractivity contribution is -0.00461. The Bertz CT molecular complexity index is 407. The van der Waals surface area contributed by atoms with E-state index in [0.29, 0.717) is 24.9 Å². The van der Waals surface area contributed by atoms with E-state index in [9.17, 15) is 0 Å². The number of hydrogen-bond acceptors (Lipinski definition) is 6. The first kappa shape index (κ1) is 13.5. The first-order chi connectivity index (χ1) is 8.69. The molecule has 1 aromatic heterocycles. The largest absolute Gasteiger partial charge is 0.480 e. The van der Waals surface area contributed by atoms with Gasteiger partial charge in [0, 0.05) is 27.3 Å². The summed E-state index contributed by atoms with van der Waals surface area (Å²) in [4.78, 5) is 10.7. The molecule has 2 rings (SSSR count). The molecule has 1 saturated heterocycles. The van der Waals surface area contributed by atoms with Crippen molar-refractivity contribution in [1.82, 2.24) is 9.97 Å². The Hall–Kier alpha value is -0.920. The third kappa shape index (κ3) is 2.57. The van der Waals surface area contributed by atoms with Crippen molar-refractivity contribution in [3.63, 3.8) is 0 Å². The van der Waals surface area contributed by atoms with E-state index in [4.69, 9.17) is 14.2 Å². The summed E-state index contributed by atoms with van der Waals surface area (Å²) < 4.78 is 16.7. The van der Waals surface area contributed by atoms with Gasteiger partial charge < -0.3 is 19.1 Å². The molecule has 0 bridgehead atoms. The molecule has 0 amide bonds. The van der Waals surface area contributed by atoms with Crippen LogP contribution in [0.4, 0.5) is 5.95 Å². The molecule has 1 aliphatic rings. The Morgan fingerprint density at radius 2 is 1.83 bits per heavy atom. The van der Waals surface area contributed by atoms with Gasteiger partial charge in [-0.1, -0.05) is 0 Å². The van der Waals surface area contributed by atoms with Crippen molar-refractivity contribution in [2.24, 2.45) is 0 Å². The summed E-state index contributed by atoms with van der Waals surface area (Å²) >= 11 is 3.33. The van der Waals surface area contributed by atoms with Gasteiger partial charge in [-0.3, -0.25) is 0 Å². The minimum absolute atomic E-state index is 0.0354. The van der Waals surface area contributed by atoms with E-state index in [1.807, 2.05) is 4.90 Å². The molecule has 2 atom stereocenters. The van der Waals surface area contributed by atoms with E-state index in [-0.39, 0.29) is 12.2 Å². The highest BCUT2D eigenvalue weighted by atomic mass is 79.9. The van der Waals surface area contributed by atoms with E-state index in [1.54, 1.807) is 27.5 Å². The first-order valence-electron chi connectivity index (χ1n) is 5.56. The van der Waals surface area contributed by atoms with E-state index >= 15 is 0 Å². The molecule has 1 aromatic rings. The fourth-order valence-corrected chi connectivity index (χ4v) is 2.35. The molecule has 0 radical (unpaired) electrons. The maximum absolute atomic E-state index is 5.38. The summed E-state index contributed by atoms with van der Waals surface area (Å²) in [5.41, 5.74) is 0. The van der Waals surface area contributed by atoms with Crippen LogP contribution in [0.1, 0.15) is 0 Å². The molecule has 2 heterocycles. The van der Waals surface area contributed by atoms with Gasteiger partial charge >= 0.3 is 0 Å². The smallest absolute Gasteiger partial charge is 0.232 e. The van der Waals surface area contributed by atoms with Crippen LogP contribution in [0.2, 0.25) is 0 Å². The zero-order valence-corrected chi connectivity index (χ0v) is 12.2. The van der Waals surface area contributed by atoms with Crippen molar-refractivity contribution in [1.29, 1.82) is 0 Å². The van der Waals surface area contributed by atoms with Gasteiger partial charge in [-0.2, -0.15) is 4.98 Å². The highest BCUT2D eigenvalue weighted by Gasteiger charge is 2.34. The van der Waals surface area contributed by atoms with Gasteiger partial charge in [-0.25, -0.2) is 4.98 Å². The van der Waals surface area contributed by atoms with Crippen molar-refractivity contribution in [2.75, 3.05) is 39.3 Å². The standard InChI is InChI=1S/C11H16BrN3O3/c1-16-8-5-15(6-9(8)17-2)11-13-4-7(12)10(14-11)18-3/h4,8-9H,5-6H2,1-3H3. The second-order valence-electron chi connectivity index (χ2n) is 3.98. The monoisotopic (exact) mass is 317 g/mol. The lowest BCUT2D eigenvalue weighted by atomic mass is 10.3. The summed E-state index contributed by atoms with van der Waals surface area (Å²) in [5.74, 6) is 1.14. The fourth-order valence-electron chi connectivity index (χ4n) is 2.00. The van der Waals surface area contributed by atoms with Crippen LogP contribution in [-0.2, 0) is 9.47 Å². The highest BCUT2D eigenvalue weighted by molar-refractivity contribution is 9.10. The van der Waals surface area contributed by atoms with Gasteiger partial charge in [0.05, 0.1) is 17.8 Å². The molecule has 18 heavy (non-hydrogen) atoms. The van der Waals surface area contributed by atoms with Crippen molar-refractivity contribution in [3.05, 3.63) is 10.7 Å². The molecule has 1 aliphatic heterocycles. The molecule has 0 N–H and O–H groups in total. The average molecular weight is 318 g/mol. The Kier molecular flexibility index (Phi) is 4.36. The normalized spacial score (nSPS) is 23.4. The van der Waals surface area contributed by atoms with E-state index in [0.717, 1.165) is 4.47 Å². The van der Waals surface area contributed by atoms with Crippen molar-refractivity contribution in [3.8, 4) is 5.88 Å². The Balaban J connectivity index is 2.18. The van der Waals surface area contributed by atoms with Gasteiger partial charge in [0.25, 0.3) is 0 Å². The number of hydrogen-bond donors (Lipinski definition) is 0. The van der Waals surface area contributed by atoms with Crippen LogP contribution < -0.4 is 9.64 Å². The summed E-state index contributed by atoms with van der Waals surface area (Å²) in [6.07, 6.45) is 1.75. The number of ether oxygens (including phenoxy) is 3. The molecule has 0 aliphatic carbocycles. The molecule has 1 fully saturated rings. The van der Waals surface area contributed by atoms with Gasteiger partial charge in [0.15, 0.2) is 0 Å². The third-order valence-electron chi connectivity index (χ3n) is 3.00. The number of anilines is 1. The molecular formula is C11H16BrN3O3. The van der Waals surface area contributed by atoms with Gasteiger partial charge in [0.2, 0.25) is 11.8 Å². The number of aromatic nitrogens is 2. The topological polar surface area (TPSA) is 56.7 Å². The predicted octanol–water partition coefficient (Wildman–Crippen LogP) is 1.10. The van der Waals surface area contributed by atoms with E-state index < -0.39 is 0 Å². The van der Waals surface area contributed by atoms with Gasteiger partial charge in [-0.05, 0) is 15.9 Å². The lowest BCUT2D eigenvalue weighted by Crippen LogP contribution is -2.27. The minimum atomic E-state index is 0.0354. The van der Waals surface area contributed by atoms with E-state index in [2.05, 4.69) is 25.9 Å². The highest BCUT2D eigenvalue weighted by Crippen LogP contribution is 2.26.